The number of hydrogen-bond acceptors (Lipinski definition) is 4. The second-order valence-electron chi connectivity index (χ2n) is 6.49. The molecule has 1 aromatic carbocycles. The molecule has 1 amide bonds. The van der Waals surface area contributed by atoms with Gasteiger partial charge in [-0.2, -0.15) is 0 Å². The van der Waals surface area contributed by atoms with Crippen molar-refractivity contribution < 1.29 is 14.3 Å². The van der Waals surface area contributed by atoms with Gasteiger partial charge in [0, 0.05) is 25.2 Å². The third kappa shape index (κ3) is 4.77. The normalized spacial score (nSPS) is 26.3. The van der Waals surface area contributed by atoms with E-state index in [0.29, 0.717) is 25.7 Å². The largest absolute Gasteiger partial charge is 0.352 e. The Hall–Kier alpha value is -1.43. The fourth-order valence-corrected chi connectivity index (χ4v) is 3.33. The van der Waals surface area contributed by atoms with Gasteiger partial charge in [0.25, 0.3) is 0 Å². The summed E-state index contributed by atoms with van der Waals surface area (Å²) < 4.78 is 10.9. The number of nitrogens with one attached hydrogen (secondary N) is 1. The fourth-order valence-electron chi connectivity index (χ4n) is 3.33. The van der Waals surface area contributed by atoms with Crippen LogP contribution in [0.25, 0.3) is 0 Å². The quantitative estimate of drug-likeness (QED) is 0.901. The number of rotatable bonds is 5. The summed E-state index contributed by atoms with van der Waals surface area (Å²) in [6, 6.07) is 11.2. The molecule has 23 heavy (non-hydrogen) atoms. The number of nitrogens with zero attached hydrogens (tertiary/aromatic N) is 1. The molecule has 3 rings (SSSR count). The van der Waals surface area contributed by atoms with E-state index in [1.807, 2.05) is 6.07 Å². The minimum atomic E-state index is -0.372. The summed E-state index contributed by atoms with van der Waals surface area (Å²) in [4.78, 5) is 14.6. The van der Waals surface area contributed by atoms with Gasteiger partial charge in [0.1, 0.15) is 0 Å². The summed E-state index contributed by atoms with van der Waals surface area (Å²) in [5.41, 5.74) is 1.32. The maximum absolute atomic E-state index is 12.1. The van der Waals surface area contributed by atoms with Crippen molar-refractivity contribution in [3.8, 4) is 0 Å². The standard InChI is InChI=1S/C18H26N2O3/c1-14-10-16(13-20(14)12-15-6-3-2-4-7-15)19-17(21)11-18-22-8-5-9-23-18/h2-4,6-7,14,16,18H,5,8-13H2,1H3,(H,19,21)/t14-,16+/m0/s1. The molecule has 0 unspecified atom stereocenters. The van der Waals surface area contributed by atoms with Gasteiger partial charge in [-0.05, 0) is 25.3 Å². The minimum Gasteiger partial charge on any atom is -0.352 e. The van der Waals surface area contributed by atoms with Crippen LogP contribution in [0.3, 0.4) is 0 Å². The Balaban J connectivity index is 1.45. The molecule has 2 aliphatic rings. The highest BCUT2D eigenvalue weighted by atomic mass is 16.7. The second-order valence-corrected chi connectivity index (χ2v) is 6.49. The molecule has 0 aromatic heterocycles. The number of likely N-dealkylation sites (tertiary alicyclic amines) is 1. The van der Waals surface area contributed by atoms with Crippen molar-refractivity contribution in [3.05, 3.63) is 35.9 Å². The Kier molecular flexibility index (Phi) is 5.65. The highest BCUT2D eigenvalue weighted by molar-refractivity contribution is 5.76. The average molecular weight is 318 g/mol. The molecule has 2 atom stereocenters. The first-order chi connectivity index (χ1) is 11.2. The molecule has 2 saturated heterocycles. The van der Waals surface area contributed by atoms with Gasteiger partial charge in [-0.25, -0.2) is 0 Å². The molecule has 0 radical (unpaired) electrons. The van der Waals surface area contributed by atoms with Gasteiger partial charge in [0.15, 0.2) is 6.29 Å². The van der Waals surface area contributed by atoms with Crippen LogP contribution < -0.4 is 5.32 Å². The molecule has 2 heterocycles. The van der Waals surface area contributed by atoms with Crippen LogP contribution in [0.15, 0.2) is 30.3 Å². The Bertz CT molecular complexity index is 502. The predicted molar refractivity (Wildman–Crippen MR) is 87.8 cm³/mol. The average Bonchev–Trinajstić information content (AvgIpc) is 2.88. The van der Waals surface area contributed by atoms with E-state index in [9.17, 15) is 4.79 Å². The Labute approximate surface area is 137 Å². The molecule has 1 N–H and O–H groups in total. The minimum absolute atomic E-state index is 0.0238. The number of ether oxygens (including phenoxy) is 2. The van der Waals surface area contributed by atoms with E-state index >= 15 is 0 Å². The van der Waals surface area contributed by atoms with Crippen LogP contribution in [0.5, 0.6) is 0 Å². The van der Waals surface area contributed by atoms with Crippen molar-refractivity contribution in [1.29, 1.82) is 0 Å². The lowest BCUT2D eigenvalue weighted by molar-refractivity contribution is -0.184. The molecule has 0 bridgehead atoms. The lowest BCUT2D eigenvalue weighted by Gasteiger charge is -2.23. The van der Waals surface area contributed by atoms with Crippen LogP contribution in [-0.4, -0.2) is 48.9 Å². The second kappa shape index (κ2) is 7.90. The van der Waals surface area contributed by atoms with Crippen molar-refractivity contribution in [3.63, 3.8) is 0 Å². The van der Waals surface area contributed by atoms with Gasteiger partial charge in [-0.15, -0.1) is 0 Å². The number of carbonyl (C=O) groups is 1. The number of benzene rings is 1. The highest BCUT2D eigenvalue weighted by Gasteiger charge is 2.30. The SMILES string of the molecule is C[C@H]1C[C@@H](NC(=O)CC2OCCCO2)CN1Cc1ccccc1. The third-order valence-electron chi connectivity index (χ3n) is 4.55. The van der Waals surface area contributed by atoms with Gasteiger partial charge in [-0.1, -0.05) is 30.3 Å². The van der Waals surface area contributed by atoms with Crippen molar-refractivity contribution in [1.82, 2.24) is 10.2 Å². The van der Waals surface area contributed by atoms with Crippen molar-refractivity contribution in [2.45, 2.75) is 51.1 Å². The monoisotopic (exact) mass is 318 g/mol. The van der Waals surface area contributed by atoms with Gasteiger partial charge in [0.2, 0.25) is 5.91 Å². The molecule has 0 saturated carbocycles. The molecule has 5 heteroatoms. The van der Waals surface area contributed by atoms with E-state index in [-0.39, 0.29) is 18.2 Å². The van der Waals surface area contributed by atoms with E-state index in [1.54, 1.807) is 0 Å². The van der Waals surface area contributed by atoms with Crippen LogP contribution >= 0.6 is 0 Å². The van der Waals surface area contributed by atoms with Crippen molar-refractivity contribution in [2.24, 2.45) is 0 Å². The van der Waals surface area contributed by atoms with Crippen LogP contribution in [0, 0.1) is 0 Å². The summed E-state index contributed by atoms with van der Waals surface area (Å²) >= 11 is 0. The molecule has 0 spiro atoms. The Morgan fingerprint density at radius 3 is 2.74 bits per heavy atom. The highest BCUT2D eigenvalue weighted by Crippen LogP contribution is 2.20. The first-order valence-corrected chi connectivity index (χ1v) is 8.51. The van der Waals surface area contributed by atoms with E-state index < -0.39 is 0 Å². The van der Waals surface area contributed by atoms with E-state index in [4.69, 9.17) is 9.47 Å². The van der Waals surface area contributed by atoms with E-state index in [1.165, 1.54) is 5.56 Å². The summed E-state index contributed by atoms with van der Waals surface area (Å²) in [6.07, 6.45) is 1.82. The van der Waals surface area contributed by atoms with Gasteiger partial charge in [0.05, 0.1) is 19.6 Å². The van der Waals surface area contributed by atoms with E-state index in [0.717, 1.165) is 25.9 Å². The lowest BCUT2D eigenvalue weighted by atomic mass is 10.2. The zero-order valence-electron chi connectivity index (χ0n) is 13.7. The summed E-state index contributed by atoms with van der Waals surface area (Å²) in [6.45, 7) is 5.42. The van der Waals surface area contributed by atoms with Crippen molar-refractivity contribution in [2.75, 3.05) is 19.8 Å². The molecule has 0 aliphatic carbocycles. The Morgan fingerprint density at radius 1 is 1.26 bits per heavy atom. The predicted octanol–water partition coefficient (Wildman–Crippen LogP) is 1.92. The fraction of sp³-hybridized carbons (Fsp3) is 0.611. The van der Waals surface area contributed by atoms with Gasteiger partial charge < -0.3 is 14.8 Å². The van der Waals surface area contributed by atoms with Gasteiger partial charge in [-0.3, -0.25) is 9.69 Å². The molecule has 126 valence electrons. The molecule has 2 aliphatic heterocycles. The zero-order valence-corrected chi connectivity index (χ0v) is 13.7. The topological polar surface area (TPSA) is 50.8 Å². The summed E-state index contributed by atoms with van der Waals surface area (Å²) in [5.74, 6) is 0.0238. The Morgan fingerprint density at radius 2 is 2.00 bits per heavy atom. The summed E-state index contributed by atoms with van der Waals surface area (Å²) in [7, 11) is 0. The zero-order chi connectivity index (χ0) is 16.1. The molecule has 5 nitrogen and oxygen atoms in total. The van der Waals surface area contributed by atoms with Gasteiger partial charge >= 0.3 is 0 Å². The molecule has 2 fully saturated rings. The first-order valence-electron chi connectivity index (χ1n) is 8.51. The molecule has 1 aromatic rings. The molecular formula is C18H26N2O3. The van der Waals surface area contributed by atoms with E-state index in [2.05, 4.69) is 41.4 Å². The number of hydrogen-bond donors (Lipinski definition) is 1. The van der Waals surface area contributed by atoms with Crippen LogP contribution in [0.2, 0.25) is 0 Å². The summed E-state index contributed by atoms with van der Waals surface area (Å²) in [5, 5.41) is 3.13. The first kappa shape index (κ1) is 16.4. The van der Waals surface area contributed by atoms with Crippen LogP contribution in [0.1, 0.15) is 31.7 Å². The smallest absolute Gasteiger partial charge is 0.225 e. The van der Waals surface area contributed by atoms with Crippen molar-refractivity contribution >= 4 is 5.91 Å². The van der Waals surface area contributed by atoms with Crippen LogP contribution in [-0.2, 0) is 20.8 Å². The lowest BCUT2D eigenvalue weighted by Crippen LogP contribution is -2.40. The third-order valence-corrected chi connectivity index (χ3v) is 4.55. The maximum atomic E-state index is 12.1. The number of amides is 1. The maximum Gasteiger partial charge on any atom is 0.225 e. The molecular weight excluding hydrogens is 292 g/mol. The number of carbonyl (C=O) groups excluding carboxylic acids is 1. The van der Waals surface area contributed by atoms with Crippen LogP contribution in [0.4, 0.5) is 0 Å².